The highest BCUT2D eigenvalue weighted by Crippen LogP contribution is 2.39. The van der Waals surface area contributed by atoms with Crippen molar-refractivity contribution in [3.8, 4) is 0 Å². The zero-order chi connectivity index (χ0) is 25.4. The van der Waals surface area contributed by atoms with Crippen LogP contribution in [0.25, 0.3) is 0 Å². The Labute approximate surface area is 209 Å². The number of hydrogen-bond acceptors (Lipinski definition) is 4. The number of likely N-dealkylation sites (N-methyl/N-ethyl adjacent to an activating group) is 1. The van der Waals surface area contributed by atoms with Crippen molar-refractivity contribution < 1.29 is 18.7 Å². The van der Waals surface area contributed by atoms with E-state index in [1.165, 1.54) is 44.2 Å². The molecule has 1 fully saturated rings. The predicted molar refractivity (Wildman–Crippen MR) is 136 cm³/mol. The van der Waals surface area contributed by atoms with E-state index in [1.807, 2.05) is 7.05 Å². The maximum Gasteiger partial charge on any atom is 0.317 e. The maximum atomic E-state index is 14.2. The summed E-state index contributed by atoms with van der Waals surface area (Å²) in [5.41, 5.74) is 0.510. The quantitative estimate of drug-likeness (QED) is 0.384. The van der Waals surface area contributed by atoms with Crippen LogP contribution in [-0.2, 0) is 10.3 Å². The molecule has 1 aromatic rings. The fourth-order valence-electron chi connectivity index (χ4n) is 5.90. The summed E-state index contributed by atoms with van der Waals surface area (Å²) in [6.07, 6.45) is 9.04. The Balaban J connectivity index is 1.65. The third kappa shape index (κ3) is 6.73. The molecule has 35 heavy (non-hydrogen) atoms. The molecule has 0 radical (unpaired) electrons. The van der Waals surface area contributed by atoms with Gasteiger partial charge in [0.25, 0.3) is 5.91 Å². The average Bonchev–Trinajstić information content (AvgIpc) is 3.12. The molecule has 2 aliphatic rings. The van der Waals surface area contributed by atoms with E-state index >= 15 is 0 Å². The van der Waals surface area contributed by atoms with Gasteiger partial charge in [-0.3, -0.25) is 4.79 Å². The second-order valence-electron chi connectivity index (χ2n) is 10.3. The Morgan fingerprint density at radius 3 is 2.69 bits per heavy atom. The molecule has 7 nitrogen and oxygen atoms in total. The lowest BCUT2D eigenvalue weighted by Gasteiger charge is -2.36. The lowest BCUT2D eigenvalue weighted by molar-refractivity contribution is 0.0914. The molecule has 1 heterocycles. The summed E-state index contributed by atoms with van der Waals surface area (Å²) in [5.74, 6) is 0.0314. The third-order valence-electron chi connectivity index (χ3n) is 7.90. The number of halogens is 1. The van der Waals surface area contributed by atoms with Crippen LogP contribution in [0.5, 0.6) is 0 Å². The molecule has 0 aromatic heterocycles. The summed E-state index contributed by atoms with van der Waals surface area (Å²) in [7, 11) is 5.41. The highest BCUT2D eigenvalue weighted by Gasteiger charge is 2.42. The molecular weight excluding hydrogens is 447 g/mol. The lowest BCUT2D eigenvalue weighted by Crippen LogP contribution is -2.54. The maximum absolute atomic E-state index is 14.2. The van der Waals surface area contributed by atoms with Crippen molar-refractivity contribution in [1.29, 1.82) is 0 Å². The molecule has 1 aromatic carbocycles. The first-order valence-electron chi connectivity index (χ1n) is 13.1. The minimum atomic E-state index is -0.696. The molecule has 1 saturated carbocycles. The molecule has 8 heteroatoms. The van der Waals surface area contributed by atoms with Crippen LogP contribution >= 0.6 is 0 Å². The number of unbranched alkanes of at least 4 members (excludes halogenated alkanes) is 1. The van der Waals surface area contributed by atoms with E-state index in [4.69, 9.17) is 4.74 Å². The van der Waals surface area contributed by atoms with E-state index in [1.54, 1.807) is 25.1 Å². The summed E-state index contributed by atoms with van der Waals surface area (Å²) in [6, 6.07) is 4.45. The van der Waals surface area contributed by atoms with Crippen molar-refractivity contribution in [2.75, 3.05) is 34.4 Å². The van der Waals surface area contributed by atoms with Crippen molar-refractivity contribution in [2.45, 2.75) is 82.3 Å². The average molecular weight is 491 g/mol. The van der Waals surface area contributed by atoms with Crippen LogP contribution in [0.4, 0.5) is 9.18 Å². The summed E-state index contributed by atoms with van der Waals surface area (Å²) in [5, 5.41) is 9.73. The van der Waals surface area contributed by atoms with Gasteiger partial charge in [0.2, 0.25) is 0 Å². The third-order valence-corrected chi connectivity index (χ3v) is 7.90. The molecule has 3 N–H and O–H groups in total. The summed E-state index contributed by atoms with van der Waals surface area (Å²) in [6.45, 7) is 3.13. The second-order valence-corrected chi connectivity index (χ2v) is 10.3. The monoisotopic (exact) mass is 490 g/mol. The standard InChI is InChI=1S/C27H43FN4O3/c1-19(24(29-2)20-10-6-5-7-11-20)30-26(34)32(3)16-15-27(14-8-9-17-35-4)23-18-21(28)12-13-22(23)25(33)31-27/h12-13,18-20,24,29H,5-11,14-17H2,1-4H3,(H,30,34)(H,31,33)/t19?,24-,27+/m0/s1. The number of rotatable bonds is 12. The number of nitrogens with zero attached hydrogens (tertiary/aromatic N) is 1. The minimum absolute atomic E-state index is 0.00191. The first-order valence-corrected chi connectivity index (χ1v) is 13.1. The summed E-state index contributed by atoms with van der Waals surface area (Å²) < 4.78 is 19.3. The number of amides is 3. The van der Waals surface area contributed by atoms with Gasteiger partial charge in [-0.1, -0.05) is 19.3 Å². The number of urea groups is 1. The largest absolute Gasteiger partial charge is 0.385 e. The first kappa shape index (κ1) is 27.4. The predicted octanol–water partition coefficient (Wildman–Crippen LogP) is 4.17. The molecule has 0 spiro atoms. The van der Waals surface area contributed by atoms with Crippen molar-refractivity contribution in [3.05, 3.63) is 35.1 Å². The lowest BCUT2D eigenvalue weighted by atomic mass is 9.81. The summed E-state index contributed by atoms with van der Waals surface area (Å²) in [4.78, 5) is 27.4. The van der Waals surface area contributed by atoms with Crippen LogP contribution in [0.2, 0.25) is 0 Å². The van der Waals surface area contributed by atoms with Gasteiger partial charge in [-0.05, 0) is 82.2 Å². The summed E-state index contributed by atoms with van der Waals surface area (Å²) >= 11 is 0. The van der Waals surface area contributed by atoms with Crippen LogP contribution < -0.4 is 16.0 Å². The van der Waals surface area contributed by atoms with Gasteiger partial charge in [0, 0.05) is 45.0 Å². The van der Waals surface area contributed by atoms with Crippen molar-refractivity contribution >= 4 is 11.9 Å². The van der Waals surface area contributed by atoms with Crippen molar-refractivity contribution in [3.63, 3.8) is 0 Å². The number of nitrogens with one attached hydrogen (secondary N) is 3. The fourth-order valence-corrected chi connectivity index (χ4v) is 5.90. The van der Waals surface area contributed by atoms with E-state index in [-0.39, 0.29) is 29.8 Å². The highest BCUT2D eigenvalue weighted by atomic mass is 19.1. The second kappa shape index (κ2) is 12.7. The SMILES string of the molecule is CN[C@H](C1CCCCC1)C(C)NC(=O)N(C)CC[C@@]1(CCCCOC)NC(=O)c2ccc(F)cc21. The molecule has 3 amide bonds. The highest BCUT2D eigenvalue weighted by molar-refractivity contribution is 6.00. The number of carbonyl (C=O) groups is 2. The van der Waals surface area contributed by atoms with Crippen LogP contribution in [0, 0.1) is 11.7 Å². The van der Waals surface area contributed by atoms with E-state index in [0.717, 1.165) is 12.8 Å². The molecule has 1 aliphatic carbocycles. The number of fused-ring (bicyclic) bond motifs is 1. The van der Waals surface area contributed by atoms with E-state index in [9.17, 15) is 14.0 Å². The molecule has 0 bridgehead atoms. The fraction of sp³-hybridized carbons (Fsp3) is 0.704. The van der Waals surface area contributed by atoms with Gasteiger partial charge in [0.15, 0.2) is 0 Å². The number of carbonyl (C=O) groups excluding carboxylic acids is 2. The molecule has 3 rings (SSSR count). The van der Waals surface area contributed by atoms with Crippen LogP contribution in [0.3, 0.4) is 0 Å². The normalized spacial score (nSPS) is 21.8. The Hall–Kier alpha value is -2.19. The Morgan fingerprint density at radius 2 is 2.00 bits per heavy atom. The van der Waals surface area contributed by atoms with Crippen LogP contribution in [0.1, 0.15) is 80.6 Å². The smallest absolute Gasteiger partial charge is 0.317 e. The topological polar surface area (TPSA) is 82.7 Å². The van der Waals surface area contributed by atoms with Crippen molar-refractivity contribution in [1.82, 2.24) is 20.9 Å². The Morgan fingerprint density at radius 1 is 1.26 bits per heavy atom. The number of ether oxygens (including phenoxy) is 1. The van der Waals surface area contributed by atoms with E-state index in [2.05, 4.69) is 22.9 Å². The number of methoxy groups -OCH3 is 1. The van der Waals surface area contributed by atoms with Gasteiger partial charge in [-0.15, -0.1) is 0 Å². The Bertz CT molecular complexity index is 861. The van der Waals surface area contributed by atoms with Gasteiger partial charge >= 0.3 is 6.03 Å². The zero-order valence-corrected chi connectivity index (χ0v) is 21.8. The first-order chi connectivity index (χ1) is 16.8. The van der Waals surface area contributed by atoms with E-state index in [0.29, 0.717) is 43.0 Å². The van der Waals surface area contributed by atoms with Crippen molar-refractivity contribution in [2.24, 2.45) is 5.92 Å². The van der Waals surface area contributed by atoms with Crippen LogP contribution in [0.15, 0.2) is 18.2 Å². The van der Waals surface area contributed by atoms with Crippen LogP contribution in [-0.4, -0.2) is 63.3 Å². The molecule has 1 unspecified atom stereocenters. The molecule has 0 saturated heterocycles. The van der Waals surface area contributed by atoms with Gasteiger partial charge in [0.05, 0.1) is 5.54 Å². The number of benzene rings is 1. The molecule has 196 valence electrons. The zero-order valence-electron chi connectivity index (χ0n) is 21.8. The van der Waals surface area contributed by atoms with Gasteiger partial charge in [-0.25, -0.2) is 9.18 Å². The molecule has 3 atom stereocenters. The van der Waals surface area contributed by atoms with Gasteiger partial charge in [0.1, 0.15) is 5.82 Å². The van der Waals surface area contributed by atoms with E-state index < -0.39 is 5.54 Å². The Kier molecular flexibility index (Phi) is 9.92. The molecular formula is C27H43FN4O3. The minimum Gasteiger partial charge on any atom is -0.385 e. The number of hydrogen-bond donors (Lipinski definition) is 3. The van der Waals surface area contributed by atoms with Gasteiger partial charge in [-0.2, -0.15) is 0 Å². The van der Waals surface area contributed by atoms with Gasteiger partial charge < -0.3 is 25.6 Å². The molecule has 1 aliphatic heterocycles.